The van der Waals surface area contributed by atoms with Crippen LogP contribution in [0.4, 0.5) is 22.7 Å². The first-order chi connectivity index (χ1) is 9.45. The minimum atomic E-state index is -3.11. The van der Waals surface area contributed by atoms with Crippen molar-refractivity contribution in [2.75, 3.05) is 5.73 Å². The van der Waals surface area contributed by atoms with Crippen molar-refractivity contribution in [2.24, 2.45) is 0 Å². The molecule has 0 unspecified atom stereocenters. The lowest BCUT2D eigenvalue weighted by molar-refractivity contribution is -0.0540. The van der Waals surface area contributed by atoms with Gasteiger partial charge in [0.1, 0.15) is 11.5 Å². The number of rotatable bonds is 5. The fourth-order valence-corrected chi connectivity index (χ4v) is 2.06. The molecule has 0 aliphatic heterocycles. The first kappa shape index (κ1) is 17.5. The molecule has 2 N–H and O–H groups in total. The molecule has 10 heteroatoms. The first-order valence-electron chi connectivity index (χ1n) is 5.20. The van der Waals surface area contributed by atoms with Gasteiger partial charge in [0.05, 0.1) is 5.69 Å². The summed E-state index contributed by atoms with van der Waals surface area (Å²) in [5.41, 5.74) is 5.98. The van der Waals surface area contributed by atoms with E-state index in [1.165, 1.54) is 17.5 Å². The number of thiazole rings is 1. The number of ether oxygens (including phenoxy) is 2. The number of aromatic nitrogens is 1. The number of alkyl halides is 4. The van der Waals surface area contributed by atoms with Gasteiger partial charge in [-0.3, -0.25) is 0 Å². The number of nitrogens with zero attached hydrogens (tertiary/aromatic N) is 1. The Labute approximate surface area is 131 Å². The Morgan fingerprint density at radius 2 is 1.76 bits per heavy atom. The molecule has 1 aromatic heterocycles. The Balaban J connectivity index is 0.00000220. The molecule has 0 saturated carbocycles. The predicted molar refractivity (Wildman–Crippen MR) is 75.5 cm³/mol. The second kappa shape index (κ2) is 7.46. The molecule has 21 heavy (non-hydrogen) atoms. The van der Waals surface area contributed by atoms with E-state index >= 15 is 0 Å². The number of halogens is 5. The highest BCUT2D eigenvalue weighted by atomic mass is 79.9. The highest BCUT2D eigenvalue weighted by Gasteiger charge is 2.16. The average Bonchev–Trinajstić information content (AvgIpc) is 2.74. The molecular weight excluding hydrogens is 380 g/mol. The van der Waals surface area contributed by atoms with Crippen molar-refractivity contribution in [3.63, 3.8) is 0 Å². The number of nitrogen functional groups attached to an aromatic ring is 1. The highest BCUT2D eigenvalue weighted by molar-refractivity contribution is 8.93. The summed E-state index contributed by atoms with van der Waals surface area (Å²) in [6, 6.07) is 3.45. The zero-order valence-electron chi connectivity index (χ0n) is 10.1. The standard InChI is InChI=1S/C11H8F4N2O2S.BrH/c12-9(13)18-5-1-2-6(7-4-20-11(16)17-7)8(3-5)19-10(14)15;/h1-4,9-10H,(H2,16,17);1H. The Kier molecular flexibility index (Phi) is 6.21. The van der Waals surface area contributed by atoms with Gasteiger partial charge in [0.15, 0.2) is 5.13 Å². The van der Waals surface area contributed by atoms with Crippen LogP contribution >= 0.6 is 28.3 Å². The number of anilines is 1. The third-order valence-electron chi connectivity index (χ3n) is 2.19. The summed E-state index contributed by atoms with van der Waals surface area (Å²) in [5, 5.41) is 1.78. The lowest BCUT2D eigenvalue weighted by Gasteiger charge is -2.11. The summed E-state index contributed by atoms with van der Waals surface area (Å²) >= 11 is 1.11. The molecule has 2 rings (SSSR count). The van der Waals surface area contributed by atoms with Gasteiger partial charge in [-0.25, -0.2) is 4.98 Å². The first-order valence-corrected chi connectivity index (χ1v) is 6.08. The van der Waals surface area contributed by atoms with Gasteiger partial charge < -0.3 is 15.2 Å². The van der Waals surface area contributed by atoms with Crippen LogP contribution in [0.3, 0.4) is 0 Å². The van der Waals surface area contributed by atoms with Crippen molar-refractivity contribution >= 4 is 33.4 Å². The van der Waals surface area contributed by atoms with Crippen LogP contribution in [-0.2, 0) is 0 Å². The lowest BCUT2D eigenvalue weighted by Crippen LogP contribution is -2.05. The van der Waals surface area contributed by atoms with Crippen LogP contribution in [-0.4, -0.2) is 18.2 Å². The zero-order chi connectivity index (χ0) is 14.7. The van der Waals surface area contributed by atoms with Crippen LogP contribution in [0.25, 0.3) is 11.3 Å². The smallest absolute Gasteiger partial charge is 0.387 e. The van der Waals surface area contributed by atoms with E-state index in [-0.39, 0.29) is 39.2 Å². The van der Waals surface area contributed by atoms with Gasteiger partial charge in [0, 0.05) is 17.0 Å². The van der Waals surface area contributed by atoms with Crippen LogP contribution in [0.2, 0.25) is 0 Å². The van der Waals surface area contributed by atoms with E-state index in [9.17, 15) is 17.6 Å². The molecule has 4 nitrogen and oxygen atoms in total. The largest absolute Gasteiger partial charge is 0.435 e. The van der Waals surface area contributed by atoms with E-state index in [0.29, 0.717) is 5.69 Å². The maximum atomic E-state index is 12.4. The fourth-order valence-electron chi connectivity index (χ4n) is 1.50. The minimum Gasteiger partial charge on any atom is -0.435 e. The van der Waals surface area contributed by atoms with Gasteiger partial charge in [-0.05, 0) is 12.1 Å². The van der Waals surface area contributed by atoms with Crippen molar-refractivity contribution < 1.29 is 27.0 Å². The van der Waals surface area contributed by atoms with E-state index in [4.69, 9.17) is 5.73 Å². The summed E-state index contributed by atoms with van der Waals surface area (Å²) in [6.45, 7) is -6.17. The van der Waals surface area contributed by atoms with E-state index in [1.54, 1.807) is 0 Å². The SMILES string of the molecule is Br.Nc1nc(-c2ccc(OC(F)F)cc2OC(F)F)cs1. The summed E-state index contributed by atoms with van der Waals surface area (Å²) in [7, 11) is 0. The van der Waals surface area contributed by atoms with Crippen LogP contribution < -0.4 is 15.2 Å². The molecule has 0 amide bonds. The molecule has 0 atom stereocenters. The van der Waals surface area contributed by atoms with Crippen molar-refractivity contribution in [1.29, 1.82) is 0 Å². The van der Waals surface area contributed by atoms with E-state index in [2.05, 4.69) is 14.5 Å². The third-order valence-corrected chi connectivity index (χ3v) is 2.87. The molecule has 0 aliphatic carbocycles. The second-order valence-electron chi connectivity index (χ2n) is 3.49. The van der Waals surface area contributed by atoms with Crippen molar-refractivity contribution in [1.82, 2.24) is 4.98 Å². The van der Waals surface area contributed by atoms with Gasteiger partial charge in [0.2, 0.25) is 0 Å². The van der Waals surface area contributed by atoms with E-state index in [0.717, 1.165) is 17.4 Å². The number of hydrogen-bond donors (Lipinski definition) is 1. The van der Waals surface area contributed by atoms with Crippen molar-refractivity contribution in [3.05, 3.63) is 23.6 Å². The summed E-state index contributed by atoms with van der Waals surface area (Å²) in [6.07, 6.45) is 0. The predicted octanol–water partition coefficient (Wildman–Crippen LogP) is 4.17. The molecule has 0 saturated heterocycles. The zero-order valence-corrected chi connectivity index (χ0v) is 12.7. The summed E-state index contributed by atoms with van der Waals surface area (Å²) in [5.74, 6) is -0.606. The summed E-state index contributed by atoms with van der Waals surface area (Å²) in [4.78, 5) is 3.92. The molecule has 2 aromatic rings. The fraction of sp³-hybridized carbons (Fsp3) is 0.182. The molecule has 0 radical (unpaired) electrons. The topological polar surface area (TPSA) is 57.4 Å². The Morgan fingerprint density at radius 1 is 1.10 bits per heavy atom. The van der Waals surface area contributed by atoms with Crippen LogP contribution in [0, 0.1) is 0 Å². The van der Waals surface area contributed by atoms with Crippen molar-refractivity contribution in [3.8, 4) is 22.8 Å². The van der Waals surface area contributed by atoms with E-state index < -0.39 is 13.2 Å². The third kappa shape index (κ3) is 4.74. The number of nitrogens with two attached hydrogens (primary N) is 1. The monoisotopic (exact) mass is 388 g/mol. The van der Waals surface area contributed by atoms with Crippen molar-refractivity contribution in [2.45, 2.75) is 13.2 Å². The maximum absolute atomic E-state index is 12.4. The minimum absolute atomic E-state index is 0. The Bertz CT molecular complexity index is 597. The molecule has 1 aromatic carbocycles. The van der Waals surface area contributed by atoms with Gasteiger partial charge in [0.25, 0.3) is 0 Å². The molecule has 0 bridgehead atoms. The normalized spacial score (nSPS) is 10.6. The van der Waals surface area contributed by atoms with E-state index in [1.807, 2.05) is 0 Å². The molecule has 0 spiro atoms. The second-order valence-corrected chi connectivity index (χ2v) is 4.38. The molecule has 0 aliphatic rings. The number of benzene rings is 1. The molecule has 0 fully saturated rings. The molecular formula is C11H9BrF4N2O2S. The number of hydrogen-bond acceptors (Lipinski definition) is 5. The van der Waals surface area contributed by atoms with Gasteiger partial charge in [-0.2, -0.15) is 17.6 Å². The molecule has 1 heterocycles. The van der Waals surface area contributed by atoms with Gasteiger partial charge in [-0.15, -0.1) is 28.3 Å². The van der Waals surface area contributed by atoms with Gasteiger partial charge >= 0.3 is 13.2 Å². The average molecular weight is 389 g/mol. The molecule has 116 valence electrons. The maximum Gasteiger partial charge on any atom is 0.387 e. The van der Waals surface area contributed by atoms with Gasteiger partial charge in [-0.1, -0.05) is 0 Å². The Hall–Kier alpha value is -1.55. The Morgan fingerprint density at radius 3 is 2.29 bits per heavy atom. The lowest BCUT2D eigenvalue weighted by atomic mass is 10.1. The summed E-state index contributed by atoms with van der Waals surface area (Å²) < 4.78 is 57.4. The van der Waals surface area contributed by atoms with Crippen LogP contribution in [0.15, 0.2) is 23.6 Å². The van der Waals surface area contributed by atoms with Crippen LogP contribution in [0.5, 0.6) is 11.5 Å². The van der Waals surface area contributed by atoms with Crippen LogP contribution in [0.1, 0.15) is 0 Å². The quantitative estimate of drug-likeness (QED) is 0.780. The highest BCUT2D eigenvalue weighted by Crippen LogP contribution is 2.35.